The number of rotatable bonds is 10. The second-order valence-corrected chi connectivity index (χ2v) is 17.0. The van der Waals surface area contributed by atoms with Crippen LogP contribution in [0.1, 0.15) is 132 Å². The molecule has 1 aromatic carbocycles. The molecule has 0 radical (unpaired) electrons. The molecule has 0 bridgehead atoms. The van der Waals surface area contributed by atoms with Crippen LogP contribution in [0.4, 0.5) is 9.59 Å². The van der Waals surface area contributed by atoms with E-state index in [2.05, 4.69) is 20.6 Å². The number of aromatic nitrogens is 2. The van der Waals surface area contributed by atoms with E-state index >= 15 is 0 Å². The van der Waals surface area contributed by atoms with E-state index in [1.807, 2.05) is 0 Å². The average Bonchev–Trinajstić information content (AvgIpc) is 3.93. The topological polar surface area (TPSA) is 196 Å². The monoisotopic (exact) mass is 812 g/mol. The van der Waals surface area contributed by atoms with E-state index in [-0.39, 0.29) is 37.7 Å². The van der Waals surface area contributed by atoms with Crippen LogP contribution in [0.2, 0.25) is 0 Å². The van der Waals surface area contributed by atoms with Crippen molar-refractivity contribution < 1.29 is 47.7 Å². The van der Waals surface area contributed by atoms with Crippen LogP contribution < -0.4 is 10.6 Å². The van der Waals surface area contributed by atoms with E-state index in [0.717, 1.165) is 0 Å². The second kappa shape index (κ2) is 17.4. The number of hydrogen-bond donors (Lipinski definition) is 2. The summed E-state index contributed by atoms with van der Waals surface area (Å²) in [6, 6.07) is 4.10. The Morgan fingerprint density at radius 3 is 1.34 bits per heavy atom. The fourth-order valence-electron chi connectivity index (χ4n) is 6.18. The summed E-state index contributed by atoms with van der Waals surface area (Å²) in [6.07, 6.45) is -0.485. The van der Waals surface area contributed by atoms with E-state index in [0.29, 0.717) is 34.0 Å². The van der Waals surface area contributed by atoms with Gasteiger partial charge < -0.3 is 29.6 Å². The van der Waals surface area contributed by atoms with Gasteiger partial charge in [-0.1, -0.05) is 0 Å². The Balaban J connectivity index is 1.24. The van der Waals surface area contributed by atoms with Crippen LogP contribution in [0.25, 0.3) is 0 Å². The average molecular weight is 813 g/mol. The van der Waals surface area contributed by atoms with Gasteiger partial charge in [0.25, 0.3) is 11.8 Å². The molecule has 4 amide bonds. The number of ether oxygens (including phenoxy) is 4. The van der Waals surface area contributed by atoms with Gasteiger partial charge in [0.15, 0.2) is 11.4 Å². The van der Waals surface area contributed by atoms with E-state index in [1.165, 1.54) is 56.7 Å². The highest BCUT2D eigenvalue weighted by atomic mass is 32.1. The highest BCUT2D eigenvalue weighted by Crippen LogP contribution is 2.37. The Morgan fingerprint density at radius 1 is 0.661 bits per heavy atom. The Kier molecular flexibility index (Phi) is 13.0. The first kappa shape index (κ1) is 42.1. The third kappa shape index (κ3) is 10.6. The maximum Gasteiger partial charge on any atom is 0.410 e. The molecule has 2 fully saturated rings. The smallest absolute Gasteiger partial charge is 0.410 e. The largest absolute Gasteiger partial charge is 0.461 e. The minimum atomic E-state index is -0.760. The molecule has 0 spiro atoms. The van der Waals surface area contributed by atoms with Crippen molar-refractivity contribution >= 4 is 58.6 Å². The summed E-state index contributed by atoms with van der Waals surface area (Å²) in [5, 5.41) is 10.2. The van der Waals surface area contributed by atoms with Crippen molar-refractivity contribution in [3.8, 4) is 0 Å². The molecule has 16 nitrogen and oxygen atoms in total. The first-order valence-electron chi connectivity index (χ1n) is 18.3. The van der Waals surface area contributed by atoms with Crippen LogP contribution in [0.5, 0.6) is 0 Å². The van der Waals surface area contributed by atoms with E-state index in [9.17, 15) is 28.8 Å². The van der Waals surface area contributed by atoms with Crippen LogP contribution in [0.3, 0.4) is 0 Å². The maximum atomic E-state index is 13.4. The SMILES string of the molecule is CCOC(=O)c1csc([C@@H]2C[C@H](NC(=O)c3ccc(C(=O)N[C@H]4C[C@@H](c5nc(C(=O)OCC)cs5)N(C(=O)OC(C)(C)C)C4)cc3)CN2C(=O)OC(C)(C)C)n1. The first-order chi connectivity index (χ1) is 26.3. The van der Waals surface area contributed by atoms with Gasteiger partial charge in [-0.05, 0) is 92.5 Å². The number of likely N-dealkylation sites (tertiary alicyclic amines) is 2. The van der Waals surface area contributed by atoms with Crippen molar-refractivity contribution in [3.63, 3.8) is 0 Å². The molecule has 0 aliphatic carbocycles. The summed E-state index contributed by atoms with van der Waals surface area (Å²) >= 11 is 2.44. The number of hydrogen-bond acceptors (Lipinski definition) is 14. The minimum absolute atomic E-state index is 0.143. The van der Waals surface area contributed by atoms with Crippen LogP contribution in [0, 0.1) is 0 Å². The van der Waals surface area contributed by atoms with Crippen molar-refractivity contribution in [2.45, 2.75) is 104 Å². The number of benzene rings is 1. The predicted octanol–water partition coefficient (Wildman–Crippen LogP) is 5.91. The number of carbonyl (C=O) groups excluding carboxylic acids is 6. The van der Waals surface area contributed by atoms with Gasteiger partial charge in [0, 0.05) is 47.1 Å². The van der Waals surface area contributed by atoms with Gasteiger partial charge in [0.05, 0.1) is 25.3 Å². The van der Waals surface area contributed by atoms with Crippen LogP contribution in [-0.4, -0.2) is 105 Å². The Morgan fingerprint density at radius 2 is 1.02 bits per heavy atom. The summed E-state index contributed by atoms with van der Waals surface area (Å²) in [6.45, 7) is 14.7. The first-order valence-corrected chi connectivity index (χ1v) is 20.1. The van der Waals surface area contributed by atoms with Crippen molar-refractivity contribution in [1.82, 2.24) is 30.4 Å². The molecule has 4 atom stereocenters. The standard InChI is InChI=1S/C38H48N6O10S2/c1-9-51-33(47)25-19-55-31(41-25)27-15-23(17-43(27)35(49)53-37(3,4)5)39-29(45)21-11-13-22(14-12-21)30(46)40-24-16-28(44(18-24)36(50)54-38(6,7)8)32-42-26(20-56-32)34(48)52-10-2/h11-14,19-20,23-24,27-28H,9-10,15-18H2,1-8H3,(H,39,45)(H,40,46)/t23-,24-,27-,28-/m0/s1. The highest BCUT2D eigenvalue weighted by Gasteiger charge is 2.42. The lowest BCUT2D eigenvalue weighted by molar-refractivity contribution is 0.0210. The van der Waals surface area contributed by atoms with Crippen molar-refractivity contribution in [2.75, 3.05) is 26.3 Å². The molecule has 0 unspecified atom stereocenters. The molecule has 56 heavy (non-hydrogen) atoms. The molecule has 2 aliphatic rings. The van der Waals surface area contributed by atoms with E-state index in [1.54, 1.807) is 66.2 Å². The fraction of sp³-hybridized carbons (Fsp3) is 0.526. The molecule has 3 aromatic rings. The second-order valence-electron chi connectivity index (χ2n) is 15.3. The summed E-state index contributed by atoms with van der Waals surface area (Å²) in [4.78, 5) is 89.8. The Labute approximate surface area is 333 Å². The Hall–Kier alpha value is -5.10. The van der Waals surface area contributed by atoms with Gasteiger partial charge >= 0.3 is 24.1 Å². The number of thiazole rings is 2. The van der Waals surface area contributed by atoms with E-state index < -0.39 is 71.3 Å². The van der Waals surface area contributed by atoms with Crippen LogP contribution >= 0.6 is 22.7 Å². The maximum absolute atomic E-state index is 13.4. The van der Waals surface area contributed by atoms with Crippen molar-refractivity contribution in [3.05, 3.63) is 67.6 Å². The van der Waals surface area contributed by atoms with Gasteiger partial charge in [-0.2, -0.15) is 0 Å². The van der Waals surface area contributed by atoms with E-state index in [4.69, 9.17) is 18.9 Å². The number of esters is 2. The van der Waals surface area contributed by atoms with Crippen molar-refractivity contribution in [1.29, 1.82) is 0 Å². The zero-order chi connectivity index (χ0) is 40.9. The highest BCUT2D eigenvalue weighted by molar-refractivity contribution is 7.10. The number of carbonyl (C=O) groups is 6. The zero-order valence-corrected chi connectivity index (χ0v) is 34.3. The van der Waals surface area contributed by atoms with Crippen LogP contribution in [-0.2, 0) is 18.9 Å². The molecule has 4 heterocycles. The quantitative estimate of drug-likeness (QED) is 0.182. The fourth-order valence-corrected chi connectivity index (χ4v) is 8.01. The molecule has 0 saturated carbocycles. The molecular weight excluding hydrogens is 765 g/mol. The lowest BCUT2D eigenvalue weighted by Gasteiger charge is -2.27. The zero-order valence-electron chi connectivity index (χ0n) is 32.7. The lowest BCUT2D eigenvalue weighted by Crippen LogP contribution is -2.41. The third-order valence-electron chi connectivity index (χ3n) is 8.52. The number of amides is 4. The molecule has 5 rings (SSSR count). The summed E-state index contributed by atoms with van der Waals surface area (Å²) < 4.78 is 21.4. The van der Waals surface area contributed by atoms with Gasteiger partial charge in [-0.15, -0.1) is 22.7 Å². The molecule has 2 saturated heterocycles. The normalized spacial score (nSPS) is 19.6. The summed E-state index contributed by atoms with van der Waals surface area (Å²) in [7, 11) is 0. The molecular formula is C38H48N6O10S2. The van der Waals surface area contributed by atoms with Crippen molar-refractivity contribution in [2.24, 2.45) is 0 Å². The molecule has 2 aromatic heterocycles. The molecule has 302 valence electrons. The molecule has 18 heteroatoms. The Bertz CT molecular complexity index is 1800. The van der Waals surface area contributed by atoms with Gasteiger partial charge in [-0.3, -0.25) is 19.4 Å². The summed E-state index contributed by atoms with van der Waals surface area (Å²) in [5.41, 5.74) is -0.640. The van der Waals surface area contributed by atoms with Gasteiger partial charge in [0.1, 0.15) is 21.2 Å². The third-order valence-corrected chi connectivity index (χ3v) is 10.4. The van der Waals surface area contributed by atoms with Gasteiger partial charge in [-0.25, -0.2) is 29.1 Å². The number of nitrogens with zero attached hydrogens (tertiary/aromatic N) is 4. The molecule has 2 N–H and O–H groups in total. The predicted molar refractivity (Wildman–Crippen MR) is 206 cm³/mol. The van der Waals surface area contributed by atoms with Gasteiger partial charge in [0.2, 0.25) is 0 Å². The summed E-state index contributed by atoms with van der Waals surface area (Å²) in [5.74, 6) is -1.93. The van der Waals surface area contributed by atoms with Crippen LogP contribution in [0.15, 0.2) is 35.0 Å². The minimum Gasteiger partial charge on any atom is -0.461 e. The lowest BCUT2D eigenvalue weighted by atomic mass is 10.1. The number of nitrogens with one attached hydrogen (secondary N) is 2. The molecule has 2 aliphatic heterocycles.